The van der Waals surface area contributed by atoms with Gasteiger partial charge in [-0.15, -0.1) is 0 Å². The summed E-state index contributed by atoms with van der Waals surface area (Å²) in [5.41, 5.74) is 0. The standard InChI is InChI=1S/C14H21N3O3/c18-17(19)14-4-3-13(20-14)10-16-7-5-12(6-8-16)15-9-11-1-2-11/h3-4,11-12,15H,1-2,5-10H2. The molecule has 0 spiro atoms. The third-order valence-electron chi connectivity index (χ3n) is 4.19. The maximum atomic E-state index is 10.6. The zero-order valence-electron chi connectivity index (χ0n) is 11.6. The highest BCUT2D eigenvalue weighted by molar-refractivity contribution is 5.17. The molecule has 1 N–H and O–H groups in total. The van der Waals surface area contributed by atoms with Crippen LogP contribution in [-0.2, 0) is 6.54 Å². The summed E-state index contributed by atoms with van der Waals surface area (Å²) in [6.07, 6.45) is 5.08. The van der Waals surface area contributed by atoms with Crippen LogP contribution in [0.15, 0.2) is 16.5 Å². The van der Waals surface area contributed by atoms with Gasteiger partial charge in [0, 0.05) is 19.1 Å². The summed E-state index contributed by atoms with van der Waals surface area (Å²) in [7, 11) is 0. The normalized spacial score (nSPS) is 21.2. The van der Waals surface area contributed by atoms with E-state index in [1.807, 2.05) is 0 Å². The van der Waals surface area contributed by atoms with E-state index >= 15 is 0 Å². The first-order valence-electron chi connectivity index (χ1n) is 7.39. The number of nitrogens with one attached hydrogen (secondary N) is 1. The Balaban J connectivity index is 1.41. The molecule has 1 saturated heterocycles. The molecule has 2 aliphatic rings. The van der Waals surface area contributed by atoms with E-state index in [0.29, 0.717) is 18.3 Å². The molecular formula is C14H21N3O3. The molecule has 0 aromatic carbocycles. The first-order valence-corrected chi connectivity index (χ1v) is 7.39. The van der Waals surface area contributed by atoms with E-state index in [0.717, 1.165) is 31.8 Å². The Morgan fingerprint density at radius 1 is 1.30 bits per heavy atom. The maximum Gasteiger partial charge on any atom is 0.433 e. The molecule has 20 heavy (non-hydrogen) atoms. The van der Waals surface area contributed by atoms with Crippen LogP contribution >= 0.6 is 0 Å². The van der Waals surface area contributed by atoms with Crippen LogP contribution in [0.1, 0.15) is 31.4 Å². The third kappa shape index (κ3) is 3.58. The number of nitro groups is 1. The second kappa shape index (κ2) is 5.93. The van der Waals surface area contributed by atoms with Crippen LogP contribution < -0.4 is 5.32 Å². The Hall–Kier alpha value is -1.40. The minimum absolute atomic E-state index is 0.166. The molecule has 6 heteroatoms. The number of hydrogen-bond donors (Lipinski definition) is 1. The lowest BCUT2D eigenvalue weighted by molar-refractivity contribution is -0.402. The van der Waals surface area contributed by atoms with Gasteiger partial charge >= 0.3 is 5.88 Å². The molecule has 1 aromatic heterocycles. The summed E-state index contributed by atoms with van der Waals surface area (Å²) < 4.78 is 5.21. The number of nitrogens with zero attached hydrogens (tertiary/aromatic N) is 2. The highest BCUT2D eigenvalue weighted by Gasteiger charge is 2.25. The van der Waals surface area contributed by atoms with Gasteiger partial charge in [-0.2, -0.15) is 0 Å². The van der Waals surface area contributed by atoms with E-state index in [2.05, 4.69) is 10.2 Å². The van der Waals surface area contributed by atoms with Crippen LogP contribution in [0.5, 0.6) is 0 Å². The lowest BCUT2D eigenvalue weighted by atomic mass is 10.0. The van der Waals surface area contributed by atoms with Crippen molar-refractivity contribution < 1.29 is 9.34 Å². The van der Waals surface area contributed by atoms with Gasteiger partial charge in [0.2, 0.25) is 0 Å². The Morgan fingerprint density at radius 2 is 2.05 bits per heavy atom. The average Bonchev–Trinajstić information content (AvgIpc) is 3.15. The van der Waals surface area contributed by atoms with Crippen LogP contribution in [0, 0.1) is 16.0 Å². The number of likely N-dealkylation sites (tertiary alicyclic amines) is 1. The van der Waals surface area contributed by atoms with Crippen LogP contribution in [-0.4, -0.2) is 35.5 Å². The molecule has 0 amide bonds. The van der Waals surface area contributed by atoms with Crippen LogP contribution in [0.2, 0.25) is 0 Å². The highest BCUT2D eigenvalue weighted by atomic mass is 16.6. The molecule has 0 unspecified atom stereocenters. The number of piperidine rings is 1. The summed E-state index contributed by atoms with van der Waals surface area (Å²) in [5, 5.41) is 14.2. The molecule has 0 atom stereocenters. The van der Waals surface area contributed by atoms with E-state index in [1.165, 1.54) is 25.5 Å². The molecule has 2 fully saturated rings. The molecule has 1 aliphatic carbocycles. The van der Waals surface area contributed by atoms with Gasteiger partial charge in [0.1, 0.15) is 10.7 Å². The Labute approximate surface area is 118 Å². The maximum absolute atomic E-state index is 10.6. The van der Waals surface area contributed by atoms with E-state index in [4.69, 9.17) is 4.42 Å². The van der Waals surface area contributed by atoms with Gasteiger partial charge in [-0.25, -0.2) is 0 Å². The molecule has 0 bridgehead atoms. The number of hydrogen-bond acceptors (Lipinski definition) is 5. The first-order chi connectivity index (χ1) is 9.70. The molecule has 3 rings (SSSR count). The lowest BCUT2D eigenvalue weighted by Crippen LogP contribution is -2.42. The number of furan rings is 1. The molecule has 110 valence electrons. The zero-order valence-corrected chi connectivity index (χ0v) is 11.6. The third-order valence-corrected chi connectivity index (χ3v) is 4.19. The minimum atomic E-state index is -0.489. The first kappa shape index (κ1) is 13.6. The van der Waals surface area contributed by atoms with Crippen molar-refractivity contribution in [2.75, 3.05) is 19.6 Å². The SMILES string of the molecule is O=[N+]([O-])c1ccc(CN2CCC(NCC3CC3)CC2)o1. The minimum Gasteiger partial charge on any atom is -0.404 e. The summed E-state index contributed by atoms with van der Waals surface area (Å²) in [6.45, 7) is 3.89. The quantitative estimate of drug-likeness (QED) is 0.638. The van der Waals surface area contributed by atoms with Crippen LogP contribution in [0.4, 0.5) is 5.88 Å². The number of rotatable bonds is 6. The Morgan fingerprint density at radius 3 is 2.65 bits per heavy atom. The van der Waals surface area contributed by atoms with Crippen molar-refractivity contribution >= 4 is 5.88 Å². The second-order valence-electron chi connectivity index (χ2n) is 5.90. The topological polar surface area (TPSA) is 71.6 Å². The molecule has 2 heterocycles. The van der Waals surface area contributed by atoms with Crippen LogP contribution in [0.25, 0.3) is 0 Å². The second-order valence-corrected chi connectivity index (χ2v) is 5.90. The molecule has 1 aromatic rings. The van der Waals surface area contributed by atoms with Crippen molar-refractivity contribution in [2.24, 2.45) is 5.92 Å². The summed E-state index contributed by atoms with van der Waals surface area (Å²) >= 11 is 0. The summed E-state index contributed by atoms with van der Waals surface area (Å²) in [6, 6.07) is 3.77. The van der Waals surface area contributed by atoms with Crippen molar-refractivity contribution in [2.45, 2.75) is 38.3 Å². The van der Waals surface area contributed by atoms with Gasteiger partial charge in [-0.05, 0) is 44.2 Å². The van der Waals surface area contributed by atoms with Crippen molar-refractivity contribution in [3.8, 4) is 0 Å². The van der Waals surface area contributed by atoms with Gasteiger partial charge in [0.25, 0.3) is 0 Å². The van der Waals surface area contributed by atoms with Gasteiger partial charge in [-0.1, -0.05) is 0 Å². The average molecular weight is 279 g/mol. The smallest absolute Gasteiger partial charge is 0.404 e. The summed E-state index contributed by atoms with van der Waals surface area (Å²) in [5.74, 6) is 1.44. The highest BCUT2D eigenvalue weighted by Crippen LogP contribution is 2.28. The van der Waals surface area contributed by atoms with E-state index in [-0.39, 0.29) is 5.88 Å². The van der Waals surface area contributed by atoms with Crippen LogP contribution in [0.3, 0.4) is 0 Å². The van der Waals surface area contributed by atoms with Gasteiger partial charge in [-0.3, -0.25) is 15.0 Å². The van der Waals surface area contributed by atoms with Gasteiger partial charge < -0.3 is 9.73 Å². The predicted molar refractivity (Wildman–Crippen MR) is 74.4 cm³/mol. The van der Waals surface area contributed by atoms with Crippen molar-refractivity contribution in [1.29, 1.82) is 0 Å². The Kier molecular flexibility index (Phi) is 4.03. The fourth-order valence-electron chi connectivity index (χ4n) is 2.72. The largest absolute Gasteiger partial charge is 0.433 e. The van der Waals surface area contributed by atoms with Gasteiger partial charge in [0.05, 0.1) is 12.6 Å². The molecule has 1 aliphatic heterocycles. The molecule has 6 nitrogen and oxygen atoms in total. The van der Waals surface area contributed by atoms with Gasteiger partial charge in [0.15, 0.2) is 0 Å². The summed E-state index contributed by atoms with van der Waals surface area (Å²) in [4.78, 5) is 12.4. The predicted octanol–water partition coefficient (Wildman–Crippen LogP) is 2.15. The monoisotopic (exact) mass is 279 g/mol. The van der Waals surface area contributed by atoms with E-state index in [9.17, 15) is 10.1 Å². The van der Waals surface area contributed by atoms with Crippen molar-refractivity contribution in [3.05, 3.63) is 28.0 Å². The Bertz CT molecular complexity index is 462. The zero-order chi connectivity index (χ0) is 13.9. The van der Waals surface area contributed by atoms with E-state index in [1.54, 1.807) is 6.07 Å². The van der Waals surface area contributed by atoms with Crippen molar-refractivity contribution in [3.63, 3.8) is 0 Å². The van der Waals surface area contributed by atoms with Crippen molar-refractivity contribution in [1.82, 2.24) is 10.2 Å². The molecule has 0 radical (unpaired) electrons. The molecular weight excluding hydrogens is 258 g/mol. The fourth-order valence-corrected chi connectivity index (χ4v) is 2.72. The lowest BCUT2D eigenvalue weighted by Gasteiger charge is -2.31. The molecule has 1 saturated carbocycles. The fraction of sp³-hybridized carbons (Fsp3) is 0.714. The van der Waals surface area contributed by atoms with E-state index < -0.39 is 4.92 Å².